The van der Waals surface area contributed by atoms with E-state index in [1.54, 1.807) is 4.90 Å². The fraction of sp³-hybridized carbons (Fsp3) is 0.533. The number of rotatable bonds is 2. The van der Waals surface area contributed by atoms with Crippen LogP contribution in [0, 0.1) is 6.92 Å². The second-order valence-electron chi connectivity index (χ2n) is 5.37. The number of esters is 1. The second kappa shape index (κ2) is 6.72. The minimum atomic E-state index is -0.761. The number of piperidine rings is 1. The average Bonchev–Trinajstić information content (AvgIpc) is 2.84. The van der Waals surface area contributed by atoms with E-state index in [2.05, 4.69) is 4.74 Å². The maximum atomic E-state index is 12.8. The number of likely N-dealkylation sites (tertiary alicyclic amines) is 1. The van der Waals surface area contributed by atoms with Gasteiger partial charge >= 0.3 is 12.1 Å². The minimum Gasteiger partial charge on any atom is -0.465 e. The molecule has 1 fully saturated rings. The van der Waals surface area contributed by atoms with Crippen molar-refractivity contribution in [3.63, 3.8) is 0 Å². The van der Waals surface area contributed by atoms with Gasteiger partial charge in [0.05, 0.1) is 25.3 Å². The number of anilines is 1. The number of methoxy groups -OCH3 is 2. The van der Waals surface area contributed by atoms with Gasteiger partial charge in [0.25, 0.3) is 5.91 Å². The first kappa shape index (κ1) is 16.9. The summed E-state index contributed by atoms with van der Waals surface area (Å²) >= 11 is 0. The standard InChI is InChI=1S/C15H21N3O5/c1-9-10(14(20)22-2)11(12(16)18(9)15(21)23-3)13(19)17-7-5-4-6-8-17/h4-8,16H2,1-3H3. The Hall–Kier alpha value is -2.51. The summed E-state index contributed by atoms with van der Waals surface area (Å²) in [6, 6.07) is 0. The topological polar surface area (TPSA) is 104 Å². The number of hydrogen-bond donors (Lipinski definition) is 1. The van der Waals surface area contributed by atoms with Gasteiger partial charge in [-0.1, -0.05) is 0 Å². The van der Waals surface area contributed by atoms with E-state index in [1.807, 2.05) is 0 Å². The Balaban J connectivity index is 2.58. The first-order valence-electron chi connectivity index (χ1n) is 7.40. The van der Waals surface area contributed by atoms with E-state index < -0.39 is 12.1 Å². The van der Waals surface area contributed by atoms with Crippen molar-refractivity contribution < 1.29 is 23.9 Å². The van der Waals surface area contributed by atoms with Crippen LogP contribution in [0.15, 0.2) is 0 Å². The lowest BCUT2D eigenvalue weighted by Gasteiger charge is -2.26. The SMILES string of the molecule is COC(=O)c1c(C(=O)N2CCCCC2)c(N)n(C(=O)OC)c1C. The van der Waals surface area contributed by atoms with Gasteiger partial charge in [0.2, 0.25) is 0 Å². The van der Waals surface area contributed by atoms with Crippen molar-refractivity contribution in [1.82, 2.24) is 9.47 Å². The van der Waals surface area contributed by atoms with Gasteiger partial charge < -0.3 is 20.1 Å². The predicted molar refractivity (Wildman–Crippen MR) is 82.5 cm³/mol. The number of aromatic nitrogens is 1. The molecule has 1 aliphatic rings. The lowest BCUT2D eigenvalue weighted by atomic mass is 10.1. The van der Waals surface area contributed by atoms with Crippen LogP contribution in [0.2, 0.25) is 0 Å². The van der Waals surface area contributed by atoms with Crippen LogP contribution in [-0.2, 0) is 9.47 Å². The molecule has 1 aliphatic heterocycles. The molecule has 1 aromatic heterocycles. The van der Waals surface area contributed by atoms with E-state index in [-0.39, 0.29) is 28.5 Å². The van der Waals surface area contributed by atoms with Crippen LogP contribution in [0.5, 0.6) is 0 Å². The molecule has 0 spiro atoms. The van der Waals surface area contributed by atoms with Gasteiger partial charge in [0.15, 0.2) is 0 Å². The maximum Gasteiger partial charge on any atom is 0.419 e. The van der Waals surface area contributed by atoms with Crippen molar-refractivity contribution >= 4 is 23.8 Å². The molecule has 0 radical (unpaired) electrons. The molecule has 0 unspecified atom stereocenters. The van der Waals surface area contributed by atoms with Crippen LogP contribution in [0.25, 0.3) is 0 Å². The smallest absolute Gasteiger partial charge is 0.419 e. The van der Waals surface area contributed by atoms with Crippen LogP contribution >= 0.6 is 0 Å². The Morgan fingerprint density at radius 2 is 1.61 bits per heavy atom. The van der Waals surface area contributed by atoms with Gasteiger partial charge in [-0.2, -0.15) is 0 Å². The number of hydrogen-bond acceptors (Lipinski definition) is 6. The number of amides is 1. The Morgan fingerprint density at radius 3 is 2.13 bits per heavy atom. The Bertz CT molecular complexity index is 644. The number of nitrogens with two attached hydrogens (primary N) is 1. The Labute approximate surface area is 134 Å². The van der Waals surface area contributed by atoms with E-state index in [4.69, 9.17) is 10.5 Å². The van der Waals surface area contributed by atoms with Crippen molar-refractivity contribution in [3.05, 3.63) is 16.8 Å². The van der Waals surface area contributed by atoms with Gasteiger partial charge in [0.1, 0.15) is 5.82 Å². The summed E-state index contributed by atoms with van der Waals surface area (Å²) in [5.74, 6) is -1.18. The maximum absolute atomic E-state index is 12.8. The molecule has 0 aliphatic carbocycles. The van der Waals surface area contributed by atoms with E-state index in [9.17, 15) is 14.4 Å². The Kier molecular flexibility index (Phi) is 4.92. The molecule has 8 heteroatoms. The molecule has 23 heavy (non-hydrogen) atoms. The van der Waals surface area contributed by atoms with Gasteiger partial charge in [-0.05, 0) is 26.2 Å². The van der Waals surface area contributed by atoms with Gasteiger partial charge in [-0.25, -0.2) is 14.2 Å². The highest BCUT2D eigenvalue weighted by Crippen LogP contribution is 2.28. The number of carbonyl (C=O) groups is 3. The third kappa shape index (κ3) is 2.88. The normalized spacial score (nSPS) is 14.5. The van der Waals surface area contributed by atoms with Gasteiger partial charge in [-0.3, -0.25) is 4.79 Å². The van der Waals surface area contributed by atoms with E-state index in [0.29, 0.717) is 13.1 Å². The zero-order chi connectivity index (χ0) is 17.1. The predicted octanol–water partition coefficient (Wildman–Crippen LogP) is 1.41. The lowest BCUT2D eigenvalue weighted by Crippen LogP contribution is -2.36. The molecule has 0 aromatic carbocycles. The molecule has 2 N–H and O–H groups in total. The fourth-order valence-electron chi connectivity index (χ4n) is 2.86. The molecule has 1 aromatic rings. The highest BCUT2D eigenvalue weighted by atomic mass is 16.5. The number of nitrogens with zero attached hydrogens (tertiary/aromatic N) is 2. The lowest BCUT2D eigenvalue weighted by molar-refractivity contribution is 0.0587. The van der Waals surface area contributed by atoms with Crippen molar-refractivity contribution in [3.8, 4) is 0 Å². The zero-order valence-electron chi connectivity index (χ0n) is 13.5. The molecular weight excluding hydrogens is 302 g/mol. The fourth-order valence-corrected chi connectivity index (χ4v) is 2.86. The molecule has 1 amide bonds. The van der Waals surface area contributed by atoms with Crippen LogP contribution in [0.4, 0.5) is 10.6 Å². The third-order valence-corrected chi connectivity index (χ3v) is 4.05. The number of carbonyl (C=O) groups excluding carboxylic acids is 3. The van der Waals surface area contributed by atoms with Crippen LogP contribution in [-0.4, -0.2) is 54.7 Å². The Morgan fingerprint density at radius 1 is 1.00 bits per heavy atom. The summed E-state index contributed by atoms with van der Waals surface area (Å²) in [5.41, 5.74) is 6.22. The first-order chi connectivity index (χ1) is 10.9. The van der Waals surface area contributed by atoms with Gasteiger partial charge in [-0.15, -0.1) is 0 Å². The molecule has 126 valence electrons. The summed E-state index contributed by atoms with van der Waals surface area (Å²) in [7, 11) is 2.41. The summed E-state index contributed by atoms with van der Waals surface area (Å²) in [6.07, 6.45) is 2.10. The quantitative estimate of drug-likeness (QED) is 0.825. The van der Waals surface area contributed by atoms with Crippen molar-refractivity contribution in [2.24, 2.45) is 0 Å². The molecule has 0 bridgehead atoms. The van der Waals surface area contributed by atoms with Crippen molar-refractivity contribution in [2.75, 3.05) is 33.0 Å². The summed E-state index contributed by atoms with van der Waals surface area (Å²) in [5, 5.41) is 0. The van der Waals surface area contributed by atoms with E-state index >= 15 is 0 Å². The molecule has 1 saturated heterocycles. The van der Waals surface area contributed by atoms with Crippen LogP contribution < -0.4 is 5.73 Å². The van der Waals surface area contributed by atoms with Crippen LogP contribution in [0.3, 0.4) is 0 Å². The minimum absolute atomic E-state index is 0.00153. The molecule has 2 rings (SSSR count). The summed E-state index contributed by atoms with van der Waals surface area (Å²) < 4.78 is 10.4. The molecule has 8 nitrogen and oxygen atoms in total. The summed E-state index contributed by atoms with van der Waals surface area (Å²) in [6.45, 7) is 2.72. The zero-order valence-corrected chi connectivity index (χ0v) is 13.5. The largest absolute Gasteiger partial charge is 0.465 e. The van der Waals surface area contributed by atoms with E-state index in [0.717, 1.165) is 23.8 Å². The highest BCUT2D eigenvalue weighted by Gasteiger charge is 2.33. The van der Waals surface area contributed by atoms with Crippen molar-refractivity contribution in [2.45, 2.75) is 26.2 Å². The molecule has 2 heterocycles. The van der Waals surface area contributed by atoms with E-state index in [1.165, 1.54) is 21.1 Å². The first-order valence-corrected chi connectivity index (χ1v) is 7.40. The third-order valence-electron chi connectivity index (χ3n) is 4.05. The highest BCUT2D eigenvalue weighted by molar-refractivity contribution is 6.11. The second-order valence-corrected chi connectivity index (χ2v) is 5.37. The molecule has 0 atom stereocenters. The van der Waals surface area contributed by atoms with Gasteiger partial charge in [0, 0.05) is 18.8 Å². The number of nitrogen functional groups attached to an aromatic ring is 1. The van der Waals surface area contributed by atoms with Crippen LogP contribution in [0.1, 0.15) is 45.7 Å². The molecular formula is C15H21N3O5. The monoisotopic (exact) mass is 323 g/mol. The van der Waals surface area contributed by atoms with Crippen molar-refractivity contribution in [1.29, 1.82) is 0 Å². The average molecular weight is 323 g/mol. The number of ether oxygens (including phenoxy) is 2. The molecule has 0 saturated carbocycles. The summed E-state index contributed by atoms with van der Waals surface area (Å²) in [4.78, 5) is 38.5.